The molecule has 1 aliphatic heterocycles. The van der Waals surface area contributed by atoms with Gasteiger partial charge in [0.25, 0.3) is 0 Å². The third kappa shape index (κ3) is 3.46. The standard InChI is InChI=1S/C21H28N2O4/c1-4-21(20(25)26)13-17(19(24)22-15-7-5-6-8-15)18(23(21)2)14-9-11-16(27-3)12-10-14/h5-6,9-12,15,17-18H,4,7-8,13H2,1-3H3,(H,22,24)(H,25,26)/t17-,18-,21-/m1/s1. The molecule has 1 aromatic rings. The minimum Gasteiger partial charge on any atom is -0.497 e. The van der Waals surface area contributed by atoms with Crippen molar-refractivity contribution in [2.75, 3.05) is 14.2 Å². The van der Waals surface area contributed by atoms with Crippen LogP contribution in [-0.2, 0) is 9.59 Å². The number of aliphatic carboxylic acids is 1. The molecule has 0 saturated carbocycles. The summed E-state index contributed by atoms with van der Waals surface area (Å²) in [6.45, 7) is 1.87. The lowest BCUT2D eigenvalue weighted by atomic mass is 9.87. The third-order valence-electron chi connectivity index (χ3n) is 6.16. The number of likely N-dealkylation sites (N-methyl/N-ethyl adjacent to an activating group) is 1. The van der Waals surface area contributed by atoms with Gasteiger partial charge in [-0.25, -0.2) is 0 Å². The van der Waals surface area contributed by atoms with Crippen LogP contribution in [0.1, 0.15) is 44.2 Å². The summed E-state index contributed by atoms with van der Waals surface area (Å²) in [6, 6.07) is 7.37. The monoisotopic (exact) mass is 372 g/mol. The van der Waals surface area contributed by atoms with Crippen molar-refractivity contribution in [3.63, 3.8) is 0 Å². The highest BCUT2D eigenvalue weighted by Gasteiger charge is 2.56. The average Bonchev–Trinajstić information content (AvgIpc) is 3.28. The number of ether oxygens (including phenoxy) is 1. The van der Waals surface area contributed by atoms with Crippen LogP contribution in [0.2, 0.25) is 0 Å². The second-order valence-electron chi connectivity index (χ2n) is 7.48. The Morgan fingerprint density at radius 3 is 2.41 bits per heavy atom. The van der Waals surface area contributed by atoms with E-state index < -0.39 is 17.4 Å². The van der Waals surface area contributed by atoms with E-state index in [1.54, 1.807) is 7.11 Å². The number of carboxylic acids is 1. The summed E-state index contributed by atoms with van der Waals surface area (Å²) in [7, 11) is 3.42. The topological polar surface area (TPSA) is 78.9 Å². The van der Waals surface area contributed by atoms with E-state index >= 15 is 0 Å². The van der Waals surface area contributed by atoms with Crippen LogP contribution >= 0.6 is 0 Å². The third-order valence-corrected chi connectivity index (χ3v) is 6.16. The van der Waals surface area contributed by atoms with Crippen molar-refractivity contribution in [2.45, 2.75) is 50.2 Å². The molecule has 1 amide bonds. The first-order valence-electron chi connectivity index (χ1n) is 9.48. The maximum atomic E-state index is 13.1. The average molecular weight is 372 g/mol. The van der Waals surface area contributed by atoms with E-state index in [1.165, 1.54) is 0 Å². The molecule has 2 N–H and O–H groups in total. The first-order chi connectivity index (χ1) is 12.9. The Hall–Kier alpha value is -2.34. The molecule has 1 aromatic carbocycles. The van der Waals surface area contributed by atoms with E-state index in [4.69, 9.17) is 4.74 Å². The SMILES string of the molecule is CC[C@]1(C(=O)O)C[C@@H](C(=O)NC2CC=CC2)[C@@H](c2ccc(OC)cc2)N1C. The summed E-state index contributed by atoms with van der Waals surface area (Å²) in [4.78, 5) is 27.1. The van der Waals surface area contributed by atoms with Gasteiger partial charge < -0.3 is 15.2 Å². The van der Waals surface area contributed by atoms with Gasteiger partial charge in [-0.05, 0) is 50.4 Å². The van der Waals surface area contributed by atoms with E-state index in [1.807, 2.05) is 43.1 Å². The zero-order valence-electron chi connectivity index (χ0n) is 16.1. The fourth-order valence-corrected chi connectivity index (χ4v) is 4.48. The number of carbonyl (C=O) groups is 2. The van der Waals surface area contributed by atoms with Gasteiger partial charge in [0.15, 0.2) is 0 Å². The predicted molar refractivity (Wildman–Crippen MR) is 103 cm³/mol. The predicted octanol–water partition coefficient (Wildman–Crippen LogP) is 2.76. The quantitative estimate of drug-likeness (QED) is 0.751. The number of hydrogen-bond donors (Lipinski definition) is 2. The molecule has 1 fully saturated rings. The second kappa shape index (κ2) is 7.72. The van der Waals surface area contributed by atoms with Crippen LogP contribution in [-0.4, -0.2) is 47.6 Å². The van der Waals surface area contributed by atoms with Crippen molar-refractivity contribution in [3.05, 3.63) is 42.0 Å². The molecule has 0 unspecified atom stereocenters. The summed E-state index contributed by atoms with van der Waals surface area (Å²) in [6.07, 6.45) is 6.55. The highest BCUT2D eigenvalue weighted by Crippen LogP contribution is 2.47. The van der Waals surface area contributed by atoms with Gasteiger partial charge in [0.1, 0.15) is 11.3 Å². The lowest BCUT2D eigenvalue weighted by Crippen LogP contribution is -2.48. The minimum absolute atomic E-state index is 0.0621. The smallest absolute Gasteiger partial charge is 0.324 e. The van der Waals surface area contributed by atoms with Gasteiger partial charge in [-0.1, -0.05) is 31.2 Å². The molecule has 6 heteroatoms. The molecule has 27 heavy (non-hydrogen) atoms. The van der Waals surface area contributed by atoms with Crippen LogP contribution in [0, 0.1) is 5.92 Å². The van der Waals surface area contributed by atoms with Gasteiger partial charge in [0.05, 0.1) is 13.0 Å². The van der Waals surface area contributed by atoms with Gasteiger partial charge in [-0.15, -0.1) is 0 Å². The number of hydrogen-bond acceptors (Lipinski definition) is 4. The van der Waals surface area contributed by atoms with Gasteiger partial charge in [0.2, 0.25) is 5.91 Å². The van der Waals surface area contributed by atoms with Crippen LogP contribution < -0.4 is 10.1 Å². The number of nitrogens with one attached hydrogen (secondary N) is 1. The van der Waals surface area contributed by atoms with Gasteiger partial charge in [-0.3, -0.25) is 14.5 Å². The Morgan fingerprint density at radius 2 is 1.89 bits per heavy atom. The lowest BCUT2D eigenvalue weighted by molar-refractivity contribution is -0.150. The van der Waals surface area contributed by atoms with Crippen LogP contribution in [0.3, 0.4) is 0 Å². The number of carbonyl (C=O) groups excluding carboxylic acids is 1. The molecule has 0 spiro atoms. The first-order valence-corrected chi connectivity index (χ1v) is 9.48. The molecule has 1 saturated heterocycles. The van der Waals surface area contributed by atoms with E-state index in [9.17, 15) is 14.7 Å². The largest absolute Gasteiger partial charge is 0.497 e. The fraction of sp³-hybridized carbons (Fsp3) is 0.524. The van der Waals surface area contributed by atoms with Crippen molar-refractivity contribution in [3.8, 4) is 5.75 Å². The van der Waals surface area contributed by atoms with Crippen molar-refractivity contribution >= 4 is 11.9 Å². The molecular formula is C21H28N2O4. The number of rotatable bonds is 6. The Balaban J connectivity index is 1.93. The Labute approximate surface area is 160 Å². The number of nitrogens with zero attached hydrogens (tertiary/aromatic N) is 1. The summed E-state index contributed by atoms with van der Waals surface area (Å²) in [5.74, 6) is -0.616. The molecule has 0 bridgehead atoms. The molecule has 3 rings (SSSR count). The molecular weight excluding hydrogens is 344 g/mol. The van der Waals surface area contributed by atoms with E-state index in [2.05, 4.69) is 17.5 Å². The van der Waals surface area contributed by atoms with Crippen LogP contribution in [0.4, 0.5) is 0 Å². The molecule has 6 nitrogen and oxygen atoms in total. The Morgan fingerprint density at radius 1 is 1.26 bits per heavy atom. The maximum Gasteiger partial charge on any atom is 0.324 e. The zero-order chi connectivity index (χ0) is 19.6. The number of benzene rings is 1. The summed E-state index contributed by atoms with van der Waals surface area (Å²) >= 11 is 0. The number of methoxy groups -OCH3 is 1. The Bertz CT molecular complexity index is 722. The lowest BCUT2D eigenvalue weighted by Gasteiger charge is -2.34. The molecule has 146 valence electrons. The summed E-state index contributed by atoms with van der Waals surface area (Å²) in [5.41, 5.74) is -0.111. The van der Waals surface area contributed by atoms with Crippen LogP contribution in [0.15, 0.2) is 36.4 Å². The molecule has 1 heterocycles. The molecule has 2 aliphatic rings. The van der Waals surface area contributed by atoms with E-state index in [0.29, 0.717) is 12.8 Å². The fourth-order valence-electron chi connectivity index (χ4n) is 4.48. The number of likely N-dealkylation sites (tertiary alicyclic amines) is 1. The van der Waals surface area contributed by atoms with Crippen LogP contribution in [0.25, 0.3) is 0 Å². The summed E-state index contributed by atoms with van der Waals surface area (Å²) in [5, 5.41) is 13.1. The highest BCUT2D eigenvalue weighted by molar-refractivity contribution is 5.85. The highest BCUT2D eigenvalue weighted by atomic mass is 16.5. The van der Waals surface area contributed by atoms with E-state index in [-0.39, 0.29) is 18.0 Å². The first kappa shape index (κ1) is 19.4. The normalized spacial score (nSPS) is 28.4. The molecule has 0 aromatic heterocycles. The van der Waals surface area contributed by atoms with Gasteiger partial charge >= 0.3 is 5.97 Å². The van der Waals surface area contributed by atoms with Crippen molar-refractivity contribution < 1.29 is 19.4 Å². The van der Waals surface area contributed by atoms with Crippen molar-refractivity contribution in [1.29, 1.82) is 0 Å². The van der Waals surface area contributed by atoms with Crippen molar-refractivity contribution in [2.24, 2.45) is 5.92 Å². The summed E-state index contributed by atoms with van der Waals surface area (Å²) < 4.78 is 5.23. The van der Waals surface area contributed by atoms with Crippen molar-refractivity contribution in [1.82, 2.24) is 10.2 Å². The van der Waals surface area contributed by atoms with Gasteiger partial charge in [-0.2, -0.15) is 0 Å². The Kier molecular flexibility index (Phi) is 5.56. The van der Waals surface area contributed by atoms with E-state index in [0.717, 1.165) is 24.2 Å². The molecule has 3 atom stereocenters. The zero-order valence-corrected chi connectivity index (χ0v) is 16.1. The minimum atomic E-state index is -1.04. The number of amides is 1. The van der Waals surface area contributed by atoms with Crippen LogP contribution in [0.5, 0.6) is 5.75 Å². The number of carboxylic acid groups (broad SMARTS) is 1. The molecule has 1 aliphatic carbocycles. The van der Waals surface area contributed by atoms with Gasteiger partial charge in [0, 0.05) is 12.1 Å². The molecule has 0 radical (unpaired) electrons. The maximum absolute atomic E-state index is 13.1. The second-order valence-corrected chi connectivity index (χ2v) is 7.48.